The van der Waals surface area contributed by atoms with Crippen LogP contribution in [-0.2, 0) is 9.53 Å². The Kier molecular flexibility index (Phi) is 10.5. The minimum atomic E-state index is -0.367. The van der Waals surface area contributed by atoms with Gasteiger partial charge in [0.25, 0.3) is 0 Å². The highest BCUT2D eigenvalue weighted by atomic mass is 32.2. The standard InChI is InChI=1S/C14H29NO2S/c1-14(2,3)17-13(16)9-11-15-10-7-5-6-8-12-18-4/h15H,5-12H2,1-4H3. The van der Waals surface area contributed by atoms with Crippen LogP contribution in [0, 0.1) is 0 Å². The summed E-state index contributed by atoms with van der Waals surface area (Å²) < 4.78 is 5.23. The summed E-state index contributed by atoms with van der Waals surface area (Å²) in [5, 5.41) is 3.29. The number of carbonyl (C=O) groups is 1. The summed E-state index contributed by atoms with van der Waals surface area (Å²) in [5.41, 5.74) is -0.367. The quantitative estimate of drug-likeness (QED) is 0.491. The number of ether oxygens (including phenoxy) is 1. The number of thioether (sulfide) groups is 1. The van der Waals surface area contributed by atoms with Gasteiger partial charge in [0, 0.05) is 6.54 Å². The van der Waals surface area contributed by atoms with Gasteiger partial charge in [0.2, 0.25) is 0 Å². The summed E-state index contributed by atoms with van der Waals surface area (Å²) >= 11 is 1.91. The molecule has 0 aromatic carbocycles. The molecule has 1 N–H and O–H groups in total. The number of unbranched alkanes of at least 4 members (excludes halogenated alkanes) is 3. The lowest BCUT2D eigenvalue weighted by Gasteiger charge is -2.19. The first-order valence-corrected chi connectivity index (χ1v) is 8.26. The molecule has 108 valence electrons. The zero-order valence-corrected chi connectivity index (χ0v) is 13.2. The summed E-state index contributed by atoms with van der Waals surface area (Å²) in [6.07, 6.45) is 7.72. The van der Waals surface area contributed by atoms with E-state index in [0.29, 0.717) is 6.42 Å². The van der Waals surface area contributed by atoms with Gasteiger partial charge < -0.3 is 10.1 Å². The first-order valence-electron chi connectivity index (χ1n) is 6.87. The van der Waals surface area contributed by atoms with Gasteiger partial charge in [0.15, 0.2) is 0 Å². The molecule has 0 aromatic rings. The van der Waals surface area contributed by atoms with Gasteiger partial charge in [-0.05, 0) is 52.2 Å². The number of hydrogen-bond acceptors (Lipinski definition) is 4. The molecule has 4 heteroatoms. The Morgan fingerprint density at radius 3 is 2.39 bits per heavy atom. The van der Waals surface area contributed by atoms with Crippen LogP contribution >= 0.6 is 11.8 Å². The molecule has 0 saturated carbocycles. The van der Waals surface area contributed by atoms with Gasteiger partial charge in [0.1, 0.15) is 5.60 Å². The average Bonchev–Trinajstić information content (AvgIpc) is 2.24. The zero-order chi connectivity index (χ0) is 13.9. The molecule has 0 atom stereocenters. The Morgan fingerprint density at radius 2 is 1.78 bits per heavy atom. The molecule has 0 aliphatic rings. The van der Waals surface area contributed by atoms with Crippen LogP contribution in [0.15, 0.2) is 0 Å². The van der Waals surface area contributed by atoms with Crippen molar-refractivity contribution in [2.75, 3.05) is 25.1 Å². The van der Waals surface area contributed by atoms with E-state index in [-0.39, 0.29) is 11.6 Å². The van der Waals surface area contributed by atoms with Crippen LogP contribution in [0.5, 0.6) is 0 Å². The molecule has 0 aliphatic carbocycles. The van der Waals surface area contributed by atoms with Crippen LogP contribution in [0.4, 0.5) is 0 Å². The maximum atomic E-state index is 11.4. The predicted molar refractivity (Wildman–Crippen MR) is 80.2 cm³/mol. The van der Waals surface area contributed by atoms with Gasteiger partial charge in [-0.2, -0.15) is 11.8 Å². The van der Waals surface area contributed by atoms with Crippen molar-refractivity contribution in [3.05, 3.63) is 0 Å². The van der Waals surface area contributed by atoms with Crippen LogP contribution in [0.2, 0.25) is 0 Å². The topological polar surface area (TPSA) is 38.3 Å². The van der Waals surface area contributed by atoms with Crippen molar-refractivity contribution in [2.24, 2.45) is 0 Å². The fourth-order valence-corrected chi connectivity index (χ4v) is 2.05. The normalized spacial score (nSPS) is 11.6. The number of hydrogen-bond donors (Lipinski definition) is 1. The largest absolute Gasteiger partial charge is 0.460 e. The molecular weight excluding hydrogens is 246 g/mol. The SMILES string of the molecule is CSCCCCCCNCCC(=O)OC(C)(C)C. The Bertz CT molecular complexity index is 214. The molecule has 0 heterocycles. The molecule has 0 aromatic heterocycles. The van der Waals surface area contributed by atoms with E-state index in [1.165, 1.54) is 31.4 Å². The number of rotatable bonds is 10. The van der Waals surface area contributed by atoms with E-state index < -0.39 is 0 Å². The van der Waals surface area contributed by atoms with Gasteiger partial charge in [0.05, 0.1) is 6.42 Å². The molecule has 0 saturated heterocycles. The highest BCUT2D eigenvalue weighted by molar-refractivity contribution is 7.98. The van der Waals surface area contributed by atoms with Gasteiger partial charge in [-0.15, -0.1) is 0 Å². The summed E-state index contributed by atoms with van der Waals surface area (Å²) in [5.74, 6) is 1.15. The highest BCUT2D eigenvalue weighted by Gasteiger charge is 2.15. The Morgan fingerprint density at radius 1 is 1.11 bits per heavy atom. The van der Waals surface area contributed by atoms with Crippen molar-refractivity contribution in [3.8, 4) is 0 Å². The molecule has 0 bridgehead atoms. The van der Waals surface area contributed by atoms with Crippen molar-refractivity contribution >= 4 is 17.7 Å². The van der Waals surface area contributed by atoms with Gasteiger partial charge in [-0.1, -0.05) is 12.8 Å². The van der Waals surface area contributed by atoms with Crippen LogP contribution in [0.25, 0.3) is 0 Å². The second-order valence-electron chi connectivity index (χ2n) is 5.49. The van der Waals surface area contributed by atoms with Gasteiger partial charge >= 0.3 is 5.97 Å². The third-order valence-electron chi connectivity index (χ3n) is 2.38. The molecule has 0 aliphatic heterocycles. The van der Waals surface area contributed by atoms with E-state index in [4.69, 9.17) is 4.74 Å². The smallest absolute Gasteiger partial charge is 0.307 e. The van der Waals surface area contributed by atoms with Crippen LogP contribution < -0.4 is 5.32 Å². The van der Waals surface area contributed by atoms with Gasteiger partial charge in [-0.3, -0.25) is 4.79 Å². The minimum absolute atomic E-state index is 0.116. The first kappa shape index (κ1) is 17.8. The molecular formula is C14H29NO2S. The van der Waals surface area contributed by atoms with Crippen LogP contribution in [-0.4, -0.2) is 36.7 Å². The van der Waals surface area contributed by atoms with Crippen molar-refractivity contribution in [1.29, 1.82) is 0 Å². The number of esters is 1. The molecule has 0 fully saturated rings. The van der Waals surface area contributed by atoms with Crippen molar-refractivity contribution in [2.45, 2.75) is 58.5 Å². The lowest BCUT2D eigenvalue weighted by Crippen LogP contribution is -2.27. The molecule has 0 unspecified atom stereocenters. The van der Waals surface area contributed by atoms with E-state index >= 15 is 0 Å². The third-order valence-corrected chi connectivity index (χ3v) is 3.07. The van der Waals surface area contributed by atoms with Crippen molar-refractivity contribution in [3.63, 3.8) is 0 Å². The molecule has 0 radical (unpaired) electrons. The summed E-state index contributed by atoms with van der Waals surface area (Å²) in [6, 6.07) is 0. The molecule has 0 rings (SSSR count). The summed E-state index contributed by atoms with van der Waals surface area (Å²) in [6.45, 7) is 7.41. The number of nitrogens with one attached hydrogen (secondary N) is 1. The predicted octanol–water partition coefficient (Wildman–Crippen LogP) is 3.23. The van der Waals surface area contributed by atoms with E-state index in [1.807, 2.05) is 32.5 Å². The Balaban J connectivity index is 3.23. The lowest BCUT2D eigenvalue weighted by molar-refractivity contribution is -0.154. The van der Waals surface area contributed by atoms with Crippen molar-refractivity contribution in [1.82, 2.24) is 5.32 Å². The zero-order valence-electron chi connectivity index (χ0n) is 12.4. The second-order valence-corrected chi connectivity index (χ2v) is 6.48. The summed E-state index contributed by atoms with van der Waals surface area (Å²) in [4.78, 5) is 11.4. The lowest BCUT2D eigenvalue weighted by atomic mass is 10.2. The maximum Gasteiger partial charge on any atom is 0.307 e. The Hall–Kier alpha value is -0.220. The molecule has 18 heavy (non-hydrogen) atoms. The maximum absolute atomic E-state index is 11.4. The van der Waals surface area contributed by atoms with Crippen molar-refractivity contribution < 1.29 is 9.53 Å². The molecule has 3 nitrogen and oxygen atoms in total. The van der Waals surface area contributed by atoms with Crippen LogP contribution in [0.3, 0.4) is 0 Å². The summed E-state index contributed by atoms with van der Waals surface area (Å²) in [7, 11) is 0. The third kappa shape index (κ3) is 13.8. The van der Waals surface area contributed by atoms with E-state index in [9.17, 15) is 4.79 Å². The number of carbonyl (C=O) groups excluding carboxylic acids is 1. The molecule has 0 spiro atoms. The highest BCUT2D eigenvalue weighted by Crippen LogP contribution is 2.07. The fourth-order valence-electron chi connectivity index (χ4n) is 1.56. The second kappa shape index (κ2) is 10.7. The van der Waals surface area contributed by atoms with Crippen LogP contribution in [0.1, 0.15) is 52.9 Å². The van der Waals surface area contributed by atoms with Gasteiger partial charge in [-0.25, -0.2) is 0 Å². The Labute approximate surface area is 116 Å². The van der Waals surface area contributed by atoms with E-state index in [2.05, 4.69) is 11.6 Å². The molecule has 0 amide bonds. The first-order chi connectivity index (χ1) is 8.45. The fraction of sp³-hybridized carbons (Fsp3) is 0.929. The minimum Gasteiger partial charge on any atom is -0.460 e. The van der Waals surface area contributed by atoms with E-state index in [0.717, 1.165) is 13.1 Å². The monoisotopic (exact) mass is 275 g/mol. The average molecular weight is 275 g/mol. The van der Waals surface area contributed by atoms with E-state index in [1.54, 1.807) is 0 Å².